The van der Waals surface area contributed by atoms with Crippen molar-refractivity contribution in [3.05, 3.63) is 33.3 Å². The van der Waals surface area contributed by atoms with Crippen LogP contribution < -0.4 is 5.73 Å². The third kappa shape index (κ3) is 1.74. The molecule has 2 N–H and O–H groups in total. The Kier molecular flexibility index (Phi) is 2.68. The van der Waals surface area contributed by atoms with Gasteiger partial charge in [0.2, 0.25) is 0 Å². The quantitative estimate of drug-likeness (QED) is 0.873. The molecule has 0 saturated heterocycles. The zero-order valence-electron chi connectivity index (χ0n) is 9.60. The summed E-state index contributed by atoms with van der Waals surface area (Å²) < 4.78 is 1.17. The van der Waals surface area contributed by atoms with Crippen LogP contribution in [0.5, 0.6) is 0 Å². The minimum atomic E-state index is 0.255. The van der Waals surface area contributed by atoms with Gasteiger partial charge in [0, 0.05) is 15.9 Å². The number of benzene rings is 1. The predicted octanol–water partition coefficient (Wildman–Crippen LogP) is 3.44. The lowest BCUT2D eigenvalue weighted by Crippen LogP contribution is -2.32. The molecule has 1 atom stereocenters. The maximum absolute atomic E-state index is 6.12. The molecule has 2 rings (SSSR count). The Labute approximate surface area is 100 Å². The predicted molar refractivity (Wildman–Crippen MR) is 68.2 cm³/mol. The fourth-order valence-electron chi connectivity index (χ4n) is 2.44. The first-order valence-corrected chi connectivity index (χ1v) is 6.29. The highest BCUT2D eigenvalue weighted by molar-refractivity contribution is 9.10. The minimum absolute atomic E-state index is 0.255. The Bertz CT molecular complexity index is 392. The van der Waals surface area contributed by atoms with E-state index in [1.165, 1.54) is 34.0 Å². The van der Waals surface area contributed by atoms with Crippen LogP contribution in [0.15, 0.2) is 16.6 Å². The molecule has 0 aliphatic heterocycles. The molecule has 1 fully saturated rings. The second-order valence-corrected chi connectivity index (χ2v) is 5.76. The fraction of sp³-hybridized carbons (Fsp3) is 0.538. The molecular weight excluding hydrogens is 250 g/mol. The first-order chi connectivity index (χ1) is 6.97. The van der Waals surface area contributed by atoms with Crippen molar-refractivity contribution in [1.29, 1.82) is 0 Å². The second-order valence-electron chi connectivity index (χ2n) is 4.84. The smallest absolute Gasteiger partial charge is 0.0181 e. The van der Waals surface area contributed by atoms with Crippen LogP contribution >= 0.6 is 15.9 Å². The highest BCUT2D eigenvalue weighted by atomic mass is 79.9. The largest absolute Gasteiger partial charge is 0.327 e. The van der Waals surface area contributed by atoms with E-state index in [2.05, 4.69) is 48.8 Å². The van der Waals surface area contributed by atoms with Crippen molar-refractivity contribution in [2.45, 2.75) is 45.1 Å². The molecule has 1 aromatic rings. The van der Waals surface area contributed by atoms with Crippen molar-refractivity contribution < 1.29 is 0 Å². The van der Waals surface area contributed by atoms with Crippen LogP contribution in [-0.4, -0.2) is 6.04 Å². The van der Waals surface area contributed by atoms with Crippen LogP contribution in [-0.2, 0) is 5.41 Å². The maximum Gasteiger partial charge on any atom is 0.0181 e. The number of halogens is 1. The third-order valence-electron chi connectivity index (χ3n) is 3.83. The van der Waals surface area contributed by atoms with Gasteiger partial charge in [0.05, 0.1) is 0 Å². The van der Waals surface area contributed by atoms with Gasteiger partial charge in [0.25, 0.3) is 0 Å². The number of aryl methyl sites for hydroxylation is 1. The minimum Gasteiger partial charge on any atom is -0.327 e. The SMILES string of the molecule is Cc1cc(Br)cc(C2(C(C)N)CC2)c1C. The van der Waals surface area contributed by atoms with Gasteiger partial charge < -0.3 is 5.73 Å². The van der Waals surface area contributed by atoms with Gasteiger partial charge in [-0.15, -0.1) is 0 Å². The molecule has 0 radical (unpaired) electrons. The molecule has 1 aliphatic rings. The summed E-state index contributed by atoms with van der Waals surface area (Å²) in [5.41, 5.74) is 10.6. The van der Waals surface area contributed by atoms with Crippen LogP contribution in [0.25, 0.3) is 0 Å². The van der Waals surface area contributed by atoms with Gasteiger partial charge >= 0.3 is 0 Å². The number of nitrogens with two attached hydrogens (primary N) is 1. The molecule has 1 saturated carbocycles. The first-order valence-electron chi connectivity index (χ1n) is 5.50. The van der Waals surface area contributed by atoms with E-state index >= 15 is 0 Å². The standard InChI is InChI=1S/C13H18BrN/c1-8-6-11(14)7-12(9(8)2)13(4-5-13)10(3)15/h6-7,10H,4-5,15H2,1-3H3. The van der Waals surface area contributed by atoms with Crippen molar-refractivity contribution >= 4 is 15.9 Å². The third-order valence-corrected chi connectivity index (χ3v) is 4.29. The van der Waals surface area contributed by atoms with Crippen molar-refractivity contribution in [3.8, 4) is 0 Å². The van der Waals surface area contributed by atoms with E-state index in [9.17, 15) is 0 Å². The van der Waals surface area contributed by atoms with Crippen molar-refractivity contribution in [2.24, 2.45) is 5.73 Å². The lowest BCUT2D eigenvalue weighted by atomic mass is 9.85. The van der Waals surface area contributed by atoms with E-state index in [1.807, 2.05) is 0 Å². The Morgan fingerprint density at radius 2 is 1.93 bits per heavy atom. The Morgan fingerprint density at radius 3 is 2.40 bits per heavy atom. The molecule has 1 unspecified atom stereocenters. The van der Waals surface area contributed by atoms with Crippen molar-refractivity contribution in [1.82, 2.24) is 0 Å². The average molecular weight is 268 g/mol. The topological polar surface area (TPSA) is 26.0 Å². The first kappa shape index (κ1) is 11.2. The number of hydrogen-bond donors (Lipinski definition) is 1. The monoisotopic (exact) mass is 267 g/mol. The lowest BCUT2D eigenvalue weighted by Gasteiger charge is -2.23. The van der Waals surface area contributed by atoms with Crippen LogP contribution in [0, 0.1) is 13.8 Å². The zero-order valence-corrected chi connectivity index (χ0v) is 11.2. The molecular formula is C13H18BrN. The van der Waals surface area contributed by atoms with E-state index in [1.54, 1.807) is 0 Å². The summed E-state index contributed by atoms with van der Waals surface area (Å²) in [6.45, 7) is 6.50. The van der Waals surface area contributed by atoms with Crippen molar-refractivity contribution in [2.75, 3.05) is 0 Å². The summed E-state index contributed by atoms with van der Waals surface area (Å²) in [5, 5.41) is 0. The van der Waals surface area contributed by atoms with Crippen LogP contribution in [0.1, 0.15) is 36.5 Å². The molecule has 15 heavy (non-hydrogen) atoms. The normalized spacial score (nSPS) is 20.1. The van der Waals surface area contributed by atoms with E-state index in [0.29, 0.717) is 0 Å². The van der Waals surface area contributed by atoms with Crippen LogP contribution in [0.2, 0.25) is 0 Å². The molecule has 82 valence electrons. The lowest BCUT2D eigenvalue weighted by molar-refractivity contribution is 0.553. The number of hydrogen-bond acceptors (Lipinski definition) is 1. The van der Waals surface area contributed by atoms with Gasteiger partial charge in [-0.3, -0.25) is 0 Å². The van der Waals surface area contributed by atoms with Crippen molar-refractivity contribution in [3.63, 3.8) is 0 Å². The Balaban J connectivity index is 2.53. The Morgan fingerprint density at radius 1 is 1.33 bits per heavy atom. The molecule has 0 bridgehead atoms. The van der Waals surface area contributed by atoms with E-state index < -0.39 is 0 Å². The summed E-state index contributed by atoms with van der Waals surface area (Å²) in [5.74, 6) is 0. The van der Waals surface area contributed by atoms with Gasteiger partial charge in [0.1, 0.15) is 0 Å². The summed E-state index contributed by atoms with van der Waals surface area (Å²) in [6, 6.07) is 4.68. The van der Waals surface area contributed by atoms with Gasteiger partial charge in [-0.05, 0) is 62.4 Å². The number of rotatable bonds is 2. The van der Waals surface area contributed by atoms with Crippen LogP contribution in [0.4, 0.5) is 0 Å². The summed E-state index contributed by atoms with van der Waals surface area (Å²) in [4.78, 5) is 0. The summed E-state index contributed by atoms with van der Waals surface area (Å²) in [6.07, 6.45) is 2.48. The molecule has 2 heteroatoms. The zero-order chi connectivity index (χ0) is 11.2. The molecule has 0 aromatic heterocycles. The Hall–Kier alpha value is -0.340. The van der Waals surface area contributed by atoms with Crippen LogP contribution in [0.3, 0.4) is 0 Å². The molecule has 0 heterocycles. The highest BCUT2D eigenvalue weighted by Gasteiger charge is 2.48. The molecule has 0 amide bonds. The summed E-state index contributed by atoms with van der Waals surface area (Å²) in [7, 11) is 0. The molecule has 1 aliphatic carbocycles. The van der Waals surface area contributed by atoms with Gasteiger partial charge in [0.15, 0.2) is 0 Å². The molecule has 1 nitrogen and oxygen atoms in total. The van der Waals surface area contributed by atoms with E-state index in [-0.39, 0.29) is 11.5 Å². The van der Waals surface area contributed by atoms with Gasteiger partial charge in [-0.25, -0.2) is 0 Å². The van der Waals surface area contributed by atoms with E-state index in [4.69, 9.17) is 5.73 Å². The summed E-state index contributed by atoms with van der Waals surface area (Å²) >= 11 is 3.58. The molecule has 0 spiro atoms. The highest BCUT2D eigenvalue weighted by Crippen LogP contribution is 2.52. The molecule has 1 aromatic carbocycles. The fourth-order valence-corrected chi connectivity index (χ4v) is 3.01. The van der Waals surface area contributed by atoms with Gasteiger partial charge in [-0.1, -0.05) is 15.9 Å². The van der Waals surface area contributed by atoms with Gasteiger partial charge in [-0.2, -0.15) is 0 Å². The second kappa shape index (κ2) is 3.60. The average Bonchev–Trinajstić information content (AvgIpc) is 2.91. The maximum atomic E-state index is 6.12. The van der Waals surface area contributed by atoms with E-state index in [0.717, 1.165) is 0 Å².